The van der Waals surface area contributed by atoms with E-state index in [-0.39, 0.29) is 0 Å². The monoisotopic (exact) mass is 346 g/mol. The Labute approximate surface area is 156 Å². The fourth-order valence-electron chi connectivity index (χ4n) is 7.02. The average Bonchev–Trinajstić information content (AvgIpc) is 2.70. The first kappa shape index (κ1) is 18.3. The van der Waals surface area contributed by atoms with E-state index in [1.54, 1.807) is 0 Å². The molecule has 0 amide bonds. The van der Waals surface area contributed by atoms with Gasteiger partial charge in [0.1, 0.15) is 0 Å². The van der Waals surface area contributed by atoms with Crippen LogP contribution in [0, 0.1) is 23.7 Å². The van der Waals surface area contributed by atoms with E-state index in [0.29, 0.717) is 12.2 Å². The van der Waals surface area contributed by atoms with Crippen molar-refractivity contribution in [3.8, 4) is 0 Å². The Bertz CT molecular complexity index is 344. The zero-order valence-electron chi connectivity index (χ0n) is 16.6. The summed E-state index contributed by atoms with van der Waals surface area (Å²) in [5.74, 6) is 3.80. The molecule has 0 aromatic heterocycles. The fourth-order valence-corrected chi connectivity index (χ4v) is 7.02. The maximum Gasteiger partial charge on any atom is 0.0609 e. The van der Waals surface area contributed by atoms with E-state index in [4.69, 9.17) is 4.74 Å². The van der Waals surface area contributed by atoms with Crippen LogP contribution in [-0.4, -0.2) is 12.2 Å². The van der Waals surface area contributed by atoms with Crippen molar-refractivity contribution in [2.24, 2.45) is 23.7 Å². The van der Waals surface area contributed by atoms with Crippen LogP contribution in [0.4, 0.5) is 0 Å². The summed E-state index contributed by atoms with van der Waals surface area (Å²) in [5, 5.41) is 0. The summed E-state index contributed by atoms with van der Waals surface area (Å²) >= 11 is 0. The quantitative estimate of drug-likeness (QED) is 0.519. The molecule has 4 saturated carbocycles. The average molecular weight is 347 g/mol. The summed E-state index contributed by atoms with van der Waals surface area (Å²) in [6.07, 6.45) is 27.6. The first-order valence-corrected chi connectivity index (χ1v) is 12.1. The molecule has 0 saturated heterocycles. The zero-order chi connectivity index (χ0) is 16.9. The van der Waals surface area contributed by atoms with Crippen molar-refractivity contribution in [2.45, 2.75) is 128 Å². The van der Waals surface area contributed by atoms with Crippen molar-refractivity contribution < 1.29 is 4.74 Å². The second-order valence-electron chi connectivity index (χ2n) is 9.91. The Morgan fingerprint density at radius 3 is 1.16 bits per heavy atom. The molecule has 1 heteroatoms. The molecule has 144 valence electrons. The Morgan fingerprint density at radius 2 is 0.720 bits per heavy atom. The lowest BCUT2D eigenvalue weighted by atomic mass is 9.70. The molecule has 0 aromatic carbocycles. The van der Waals surface area contributed by atoms with Crippen LogP contribution in [0.5, 0.6) is 0 Å². The van der Waals surface area contributed by atoms with Crippen LogP contribution in [0.3, 0.4) is 0 Å². The van der Waals surface area contributed by atoms with E-state index in [1.165, 1.54) is 116 Å². The molecule has 0 bridgehead atoms. The molecule has 0 radical (unpaired) electrons. The number of hydrogen-bond donors (Lipinski definition) is 0. The van der Waals surface area contributed by atoms with Crippen molar-refractivity contribution in [2.75, 3.05) is 0 Å². The van der Waals surface area contributed by atoms with Gasteiger partial charge in [-0.1, -0.05) is 89.9 Å². The van der Waals surface area contributed by atoms with Gasteiger partial charge in [-0.2, -0.15) is 0 Å². The van der Waals surface area contributed by atoms with Gasteiger partial charge in [0.15, 0.2) is 0 Å². The van der Waals surface area contributed by atoms with Crippen molar-refractivity contribution in [1.29, 1.82) is 0 Å². The third-order valence-corrected chi connectivity index (χ3v) is 8.37. The van der Waals surface area contributed by atoms with E-state index in [1.807, 2.05) is 0 Å². The smallest absolute Gasteiger partial charge is 0.0609 e. The summed E-state index contributed by atoms with van der Waals surface area (Å²) in [6.45, 7) is 0. The van der Waals surface area contributed by atoms with Gasteiger partial charge in [0.25, 0.3) is 0 Å². The maximum absolute atomic E-state index is 7.06. The van der Waals surface area contributed by atoms with Gasteiger partial charge in [0, 0.05) is 0 Å². The minimum Gasteiger partial charge on any atom is -0.374 e. The van der Waals surface area contributed by atoms with Crippen LogP contribution in [0.2, 0.25) is 0 Å². The molecule has 0 aliphatic heterocycles. The second-order valence-corrected chi connectivity index (χ2v) is 9.91. The Balaban J connectivity index is 1.40. The van der Waals surface area contributed by atoms with Gasteiger partial charge in [-0.3, -0.25) is 0 Å². The van der Waals surface area contributed by atoms with E-state index in [9.17, 15) is 0 Å². The van der Waals surface area contributed by atoms with Crippen molar-refractivity contribution >= 4 is 0 Å². The Kier molecular flexibility index (Phi) is 6.78. The molecule has 4 aliphatic carbocycles. The molecule has 4 fully saturated rings. The largest absolute Gasteiger partial charge is 0.374 e. The standard InChI is InChI=1S/C24H42O/c1-3-11-19(12-4-1)21-15-7-9-17-23(21)25-24-18-10-8-16-22(24)20-13-5-2-6-14-20/h19-24H,1-18H2. The van der Waals surface area contributed by atoms with E-state index in [2.05, 4.69) is 0 Å². The summed E-state index contributed by atoms with van der Waals surface area (Å²) < 4.78 is 7.06. The summed E-state index contributed by atoms with van der Waals surface area (Å²) in [7, 11) is 0. The molecular weight excluding hydrogens is 304 g/mol. The SMILES string of the molecule is C1CCC(C2CCCCC2OC2CCCCC2C2CCCCC2)CC1. The molecule has 4 rings (SSSR count). The molecular formula is C24H42O. The lowest BCUT2D eigenvalue weighted by molar-refractivity contribution is -0.120. The fraction of sp³-hybridized carbons (Fsp3) is 1.00. The molecule has 4 atom stereocenters. The van der Waals surface area contributed by atoms with Crippen LogP contribution < -0.4 is 0 Å². The number of rotatable bonds is 4. The predicted octanol–water partition coefficient (Wildman–Crippen LogP) is 7.28. The van der Waals surface area contributed by atoms with Crippen molar-refractivity contribution in [3.05, 3.63) is 0 Å². The maximum atomic E-state index is 7.06. The van der Waals surface area contributed by atoms with Crippen molar-refractivity contribution in [3.63, 3.8) is 0 Å². The van der Waals surface area contributed by atoms with E-state index in [0.717, 1.165) is 23.7 Å². The molecule has 0 N–H and O–H groups in total. The van der Waals surface area contributed by atoms with Gasteiger partial charge >= 0.3 is 0 Å². The number of hydrogen-bond acceptors (Lipinski definition) is 1. The second kappa shape index (κ2) is 9.25. The summed E-state index contributed by atoms with van der Waals surface area (Å²) in [4.78, 5) is 0. The van der Waals surface area contributed by atoms with Gasteiger partial charge in [-0.15, -0.1) is 0 Å². The Morgan fingerprint density at radius 1 is 0.360 bits per heavy atom. The predicted molar refractivity (Wildman–Crippen MR) is 106 cm³/mol. The summed E-state index contributed by atoms with van der Waals surface area (Å²) in [5.41, 5.74) is 0. The minimum atomic E-state index is 0.617. The van der Waals surface area contributed by atoms with Gasteiger partial charge in [0.05, 0.1) is 12.2 Å². The van der Waals surface area contributed by atoms with Crippen LogP contribution in [0.25, 0.3) is 0 Å². The lowest BCUT2D eigenvalue weighted by Crippen LogP contribution is -2.42. The third-order valence-electron chi connectivity index (χ3n) is 8.37. The molecule has 4 unspecified atom stereocenters. The molecule has 25 heavy (non-hydrogen) atoms. The highest BCUT2D eigenvalue weighted by Crippen LogP contribution is 2.44. The van der Waals surface area contributed by atoms with Crippen molar-refractivity contribution in [1.82, 2.24) is 0 Å². The highest BCUT2D eigenvalue weighted by atomic mass is 16.5. The van der Waals surface area contributed by atoms with Gasteiger partial charge in [-0.05, 0) is 49.4 Å². The topological polar surface area (TPSA) is 9.23 Å². The number of ether oxygens (including phenoxy) is 1. The van der Waals surface area contributed by atoms with Crippen LogP contribution in [0.15, 0.2) is 0 Å². The van der Waals surface area contributed by atoms with E-state index < -0.39 is 0 Å². The van der Waals surface area contributed by atoms with Crippen LogP contribution >= 0.6 is 0 Å². The highest BCUT2D eigenvalue weighted by Gasteiger charge is 2.38. The van der Waals surface area contributed by atoms with Crippen LogP contribution in [0.1, 0.15) is 116 Å². The first-order chi connectivity index (χ1) is 12.4. The molecule has 1 nitrogen and oxygen atoms in total. The van der Waals surface area contributed by atoms with E-state index >= 15 is 0 Å². The molecule has 4 aliphatic rings. The normalized spacial score (nSPS) is 39.4. The van der Waals surface area contributed by atoms with Gasteiger partial charge < -0.3 is 4.74 Å². The lowest BCUT2D eigenvalue weighted by Gasteiger charge is -2.44. The van der Waals surface area contributed by atoms with Crippen LogP contribution in [-0.2, 0) is 4.74 Å². The Hall–Kier alpha value is -0.0400. The highest BCUT2D eigenvalue weighted by molar-refractivity contribution is 4.88. The molecule has 0 aromatic rings. The van der Waals surface area contributed by atoms with Gasteiger partial charge in [0.2, 0.25) is 0 Å². The molecule has 0 heterocycles. The summed E-state index contributed by atoms with van der Waals surface area (Å²) in [6, 6.07) is 0. The first-order valence-electron chi connectivity index (χ1n) is 12.1. The molecule has 0 spiro atoms. The van der Waals surface area contributed by atoms with Gasteiger partial charge in [-0.25, -0.2) is 0 Å². The third kappa shape index (κ3) is 4.63. The minimum absolute atomic E-state index is 0.617. The zero-order valence-corrected chi connectivity index (χ0v) is 16.6.